The molecule has 0 saturated carbocycles. The fraction of sp³-hybridized carbons (Fsp3) is 0.571. The number of rotatable bonds is 5. The van der Waals surface area contributed by atoms with Gasteiger partial charge in [0, 0.05) is 6.04 Å². The highest BCUT2D eigenvalue weighted by Gasteiger charge is 2.30. The van der Waals surface area contributed by atoms with Gasteiger partial charge in [0.05, 0.1) is 5.56 Å². The third-order valence-electron chi connectivity index (χ3n) is 3.34. The molecule has 1 aromatic carbocycles. The molecule has 2 atom stereocenters. The minimum atomic E-state index is -4.26. The zero-order valence-corrected chi connectivity index (χ0v) is 11.0. The van der Waals surface area contributed by atoms with Gasteiger partial charge in [-0.3, -0.25) is 0 Å². The highest BCUT2D eigenvalue weighted by molar-refractivity contribution is 5.27. The number of halogens is 3. The van der Waals surface area contributed by atoms with Crippen LogP contribution in [0.5, 0.6) is 0 Å². The first-order valence-electron chi connectivity index (χ1n) is 6.24. The molecule has 1 N–H and O–H groups in total. The predicted molar refractivity (Wildman–Crippen MR) is 67.6 cm³/mol. The molecule has 0 aliphatic rings. The number of alkyl halides is 3. The first-order valence-corrected chi connectivity index (χ1v) is 6.24. The summed E-state index contributed by atoms with van der Waals surface area (Å²) in [5.74, 6) is 0.206. The smallest absolute Gasteiger partial charge is 0.316 e. The number of hydrogen-bond acceptors (Lipinski definition) is 1. The van der Waals surface area contributed by atoms with Crippen LogP contribution in [0.25, 0.3) is 0 Å². The van der Waals surface area contributed by atoms with Gasteiger partial charge in [-0.1, -0.05) is 32.4 Å². The SMILES string of the molecule is CCCC(NC)C(C)c1ccc(C(F)(F)F)cc1. The summed E-state index contributed by atoms with van der Waals surface area (Å²) in [6, 6.07) is 5.77. The maximum atomic E-state index is 12.5. The van der Waals surface area contributed by atoms with Crippen molar-refractivity contribution in [1.29, 1.82) is 0 Å². The second-order valence-corrected chi connectivity index (χ2v) is 4.59. The van der Waals surface area contributed by atoms with Gasteiger partial charge in [-0.2, -0.15) is 13.2 Å². The minimum Gasteiger partial charge on any atom is -0.316 e. The van der Waals surface area contributed by atoms with Crippen molar-refractivity contribution < 1.29 is 13.2 Å². The van der Waals surface area contributed by atoms with Gasteiger partial charge in [0.15, 0.2) is 0 Å². The molecule has 102 valence electrons. The molecule has 0 bridgehead atoms. The fourth-order valence-corrected chi connectivity index (χ4v) is 2.16. The summed E-state index contributed by atoms with van der Waals surface area (Å²) >= 11 is 0. The van der Waals surface area contributed by atoms with Gasteiger partial charge in [0.2, 0.25) is 0 Å². The molecule has 0 amide bonds. The summed E-state index contributed by atoms with van der Waals surface area (Å²) in [7, 11) is 1.89. The molecule has 1 aromatic rings. The van der Waals surface area contributed by atoms with Gasteiger partial charge in [0.25, 0.3) is 0 Å². The second kappa shape index (κ2) is 6.23. The molecule has 0 radical (unpaired) electrons. The third kappa shape index (κ3) is 3.73. The van der Waals surface area contributed by atoms with Crippen molar-refractivity contribution in [2.75, 3.05) is 7.05 Å². The predicted octanol–water partition coefficient (Wildman–Crippen LogP) is 4.20. The van der Waals surface area contributed by atoms with Crippen LogP contribution in [-0.4, -0.2) is 13.1 Å². The van der Waals surface area contributed by atoms with Gasteiger partial charge >= 0.3 is 6.18 Å². The van der Waals surface area contributed by atoms with E-state index in [0.29, 0.717) is 6.04 Å². The first kappa shape index (κ1) is 15.0. The van der Waals surface area contributed by atoms with E-state index >= 15 is 0 Å². The van der Waals surface area contributed by atoms with E-state index in [1.165, 1.54) is 0 Å². The van der Waals surface area contributed by atoms with E-state index in [0.717, 1.165) is 30.5 Å². The van der Waals surface area contributed by atoms with Crippen molar-refractivity contribution in [1.82, 2.24) is 5.32 Å². The molecule has 0 saturated heterocycles. The van der Waals surface area contributed by atoms with E-state index in [2.05, 4.69) is 12.2 Å². The lowest BCUT2D eigenvalue weighted by atomic mass is 9.90. The van der Waals surface area contributed by atoms with Crippen molar-refractivity contribution in [3.05, 3.63) is 35.4 Å². The Morgan fingerprint density at radius 3 is 2.11 bits per heavy atom. The highest BCUT2D eigenvalue weighted by atomic mass is 19.4. The third-order valence-corrected chi connectivity index (χ3v) is 3.34. The first-order chi connectivity index (χ1) is 8.40. The van der Waals surface area contributed by atoms with Crippen molar-refractivity contribution in [3.63, 3.8) is 0 Å². The van der Waals surface area contributed by atoms with Crippen LogP contribution in [0.15, 0.2) is 24.3 Å². The number of nitrogens with one attached hydrogen (secondary N) is 1. The van der Waals surface area contributed by atoms with Crippen molar-refractivity contribution in [2.24, 2.45) is 0 Å². The van der Waals surface area contributed by atoms with E-state index < -0.39 is 11.7 Å². The van der Waals surface area contributed by atoms with E-state index in [1.54, 1.807) is 12.1 Å². The average molecular weight is 259 g/mol. The van der Waals surface area contributed by atoms with Crippen LogP contribution in [0, 0.1) is 0 Å². The largest absolute Gasteiger partial charge is 0.416 e. The van der Waals surface area contributed by atoms with Gasteiger partial charge in [0.1, 0.15) is 0 Å². The lowest BCUT2D eigenvalue weighted by Crippen LogP contribution is -2.30. The lowest BCUT2D eigenvalue weighted by molar-refractivity contribution is -0.137. The molecule has 0 aromatic heterocycles. The zero-order valence-electron chi connectivity index (χ0n) is 11.0. The Morgan fingerprint density at radius 1 is 1.17 bits per heavy atom. The van der Waals surface area contributed by atoms with Crippen molar-refractivity contribution >= 4 is 0 Å². The zero-order chi connectivity index (χ0) is 13.8. The quantitative estimate of drug-likeness (QED) is 0.835. The molecule has 1 nitrogen and oxygen atoms in total. The maximum absolute atomic E-state index is 12.5. The van der Waals surface area contributed by atoms with Gasteiger partial charge in [-0.25, -0.2) is 0 Å². The minimum absolute atomic E-state index is 0.206. The van der Waals surface area contributed by atoms with Crippen LogP contribution in [0.4, 0.5) is 13.2 Å². The number of benzene rings is 1. The monoisotopic (exact) mass is 259 g/mol. The molecule has 0 heterocycles. The summed E-state index contributed by atoms with van der Waals surface area (Å²) < 4.78 is 37.4. The maximum Gasteiger partial charge on any atom is 0.416 e. The van der Waals surface area contributed by atoms with Gasteiger partial charge in [-0.15, -0.1) is 0 Å². The van der Waals surface area contributed by atoms with E-state index in [-0.39, 0.29) is 5.92 Å². The highest BCUT2D eigenvalue weighted by Crippen LogP contribution is 2.31. The Kier molecular flexibility index (Phi) is 5.20. The Balaban J connectivity index is 2.84. The Labute approximate surface area is 106 Å². The van der Waals surface area contributed by atoms with E-state index in [9.17, 15) is 13.2 Å². The molecule has 2 unspecified atom stereocenters. The molecular weight excluding hydrogens is 239 g/mol. The topological polar surface area (TPSA) is 12.0 Å². The summed E-state index contributed by atoms with van der Waals surface area (Å²) in [6.45, 7) is 4.14. The summed E-state index contributed by atoms with van der Waals surface area (Å²) in [5, 5.41) is 3.22. The van der Waals surface area contributed by atoms with E-state index in [4.69, 9.17) is 0 Å². The molecular formula is C14H20F3N. The fourth-order valence-electron chi connectivity index (χ4n) is 2.16. The van der Waals surface area contributed by atoms with Crippen LogP contribution in [0.2, 0.25) is 0 Å². The normalized spacial score (nSPS) is 15.4. The van der Waals surface area contributed by atoms with Crippen molar-refractivity contribution in [3.8, 4) is 0 Å². The summed E-state index contributed by atoms with van der Waals surface area (Å²) in [6.07, 6.45) is -2.19. The summed E-state index contributed by atoms with van der Waals surface area (Å²) in [4.78, 5) is 0. The standard InChI is InChI=1S/C14H20F3N/c1-4-5-13(18-3)10(2)11-6-8-12(9-7-11)14(15,16)17/h6-10,13,18H,4-5H2,1-3H3. The molecule has 1 rings (SSSR count). The van der Waals surface area contributed by atoms with Crippen LogP contribution in [-0.2, 0) is 6.18 Å². The van der Waals surface area contributed by atoms with Crippen LogP contribution >= 0.6 is 0 Å². The van der Waals surface area contributed by atoms with Crippen molar-refractivity contribution in [2.45, 2.75) is 44.8 Å². The van der Waals surface area contributed by atoms with Crippen LogP contribution < -0.4 is 5.32 Å². The summed E-state index contributed by atoms with van der Waals surface area (Å²) in [5.41, 5.74) is 0.353. The lowest BCUT2D eigenvalue weighted by Gasteiger charge is -2.23. The molecule has 4 heteroatoms. The van der Waals surface area contributed by atoms with Crippen LogP contribution in [0.1, 0.15) is 43.7 Å². The number of likely N-dealkylation sites (N-methyl/N-ethyl adjacent to an activating group) is 1. The average Bonchev–Trinajstić information content (AvgIpc) is 2.34. The van der Waals surface area contributed by atoms with Crippen LogP contribution in [0.3, 0.4) is 0 Å². The Bertz CT molecular complexity index is 356. The van der Waals surface area contributed by atoms with E-state index in [1.807, 2.05) is 14.0 Å². The van der Waals surface area contributed by atoms with Gasteiger partial charge in [-0.05, 0) is 37.1 Å². The molecule has 0 spiro atoms. The Hall–Kier alpha value is -1.03. The molecule has 0 aliphatic carbocycles. The molecule has 18 heavy (non-hydrogen) atoms. The molecule has 0 aliphatic heterocycles. The number of hydrogen-bond donors (Lipinski definition) is 1. The Morgan fingerprint density at radius 2 is 1.72 bits per heavy atom. The second-order valence-electron chi connectivity index (χ2n) is 4.59. The molecule has 0 fully saturated rings. The van der Waals surface area contributed by atoms with Gasteiger partial charge < -0.3 is 5.32 Å².